The molecule has 7 rings (SSSR count). The highest BCUT2D eigenvalue weighted by molar-refractivity contribution is 5.85. The summed E-state index contributed by atoms with van der Waals surface area (Å²) in [6, 6.07) is 11.0. The Morgan fingerprint density at radius 1 is 1.10 bits per heavy atom. The van der Waals surface area contributed by atoms with Gasteiger partial charge >= 0.3 is 0 Å². The molecule has 3 fully saturated rings. The van der Waals surface area contributed by atoms with Crippen LogP contribution in [0.5, 0.6) is 0 Å². The van der Waals surface area contributed by atoms with Gasteiger partial charge in [0.2, 0.25) is 0 Å². The van der Waals surface area contributed by atoms with E-state index in [4.69, 9.17) is 0 Å². The number of H-pyrrole nitrogens is 1. The Morgan fingerprint density at radius 3 is 2.43 bits per heavy atom. The second kappa shape index (κ2) is 6.27. The standard InChI is InChI=1S/C26H26F2N2/c1-3-6-16-10-20(27)23(21(28)11-16)25-24-19(18-7-4-5-8-22(18)29-24)9-15(2)30(25)26-12-17(13-26)14-26/h3-8,10-11,15,17,25,29H,9,12-14H2,1-2H3/b6-3+. The Bertz CT molecular complexity index is 1150. The number of benzene rings is 2. The lowest BCUT2D eigenvalue weighted by Crippen LogP contribution is -2.71. The van der Waals surface area contributed by atoms with Gasteiger partial charge in [-0.3, -0.25) is 4.90 Å². The molecule has 2 bridgehead atoms. The van der Waals surface area contributed by atoms with Gasteiger partial charge in [0.1, 0.15) is 11.6 Å². The van der Waals surface area contributed by atoms with E-state index in [2.05, 4.69) is 28.9 Å². The van der Waals surface area contributed by atoms with Gasteiger partial charge in [-0.2, -0.15) is 0 Å². The maximum absolute atomic E-state index is 15.5. The maximum atomic E-state index is 15.5. The fraction of sp³-hybridized carbons (Fsp3) is 0.385. The number of hydrogen-bond acceptors (Lipinski definition) is 1. The third kappa shape index (κ3) is 2.37. The highest BCUT2D eigenvalue weighted by Gasteiger charge is 2.63. The van der Waals surface area contributed by atoms with Crippen LogP contribution < -0.4 is 0 Å². The summed E-state index contributed by atoms with van der Waals surface area (Å²) in [5.74, 6) is -0.111. The summed E-state index contributed by atoms with van der Waals surface area (Å²) in [5, 5.41) is 1.17. The van der Waals surface area contributed by atoms with Gasteiger partial charge in [0.25, 0.3) is 0 Å². The van der Waals surface area contributed by atoms with E-state index >= 15 is 8.78 Å². The molecule has 3 aliphatic carbocycles. The molecular weight excluding hydrogens is 378 g/mol. The SMILES string of the molecule is C/C=C/c1cc(F)c(C2c3[nH]c4ccccc4c3CC(C)N2C23CC(C2)C3)c(F)c1. The van der Waals surface area contributed by atoms with E-state index in [0.29, 0.717) is 5.56 Å². The predicted molar refractivity (Wildman–Crippen MR) is 116 cm³/mol. The van der Waals surface area contributed by atoms with Crippen molar-refractivity contribution in [3.05, 3.63) is 76.5 Å². The number of aromatic amines is 1. The molecule has 4 aliphatic rings. The smallest absolute Gasteiger partial charge is 0.131 e. The van der Waals surface area contributed by atoms with Crippen LogP contribution in [-0.2, 0) is 6.42 Å². The van der Waals surface area contributed by atoms with E-state index in [1.54, 1.807) is 12.2 Å². The number of allylic oxidation sites excluding steroid dienone is 1. The number of aromatic nitrogens is 1. The highest BCUT2D eigenvalue weighted by Crippen LogP contribution is 2.64. The summed E-state index contributed by atoms with van der Waals surface area (Å²) < 4.78 is 31.0. The summed E-state index contributed by atoms with van der Waals surface area (Å²) >= 11 is 0. The van der Waals surface area contributed by atoms with Gasteiger partial charge in [0.15, 0.2) is 0 Å². The van der Waals surface area contributed by atoms with Crippen molar-refractivity contribution in [1.82, 2.24) is 9.88 Å². The minimum absolute atomic E-state index is 0.102. The summed E-state index contributed by atoms with van der Waals surface area (Å²) in [6.07, 6.45) is 7.92. The molecule has 30 heavy (non-hydrogen) atoms. The number of fused-ring (bicyclic) bond motifs is 3. The predicted octanol–water partition coefficient (Wildman–Crippen LogP) is 6.37. The van der Waals surface area contributed by atoms with Crippen molar-refractivity contribution in [2.75, 3.05) is 0 Å². The average Bonchev–Trinajstić information content (AvgIpc) is 2.99. The van der Waals surface area contributed by atoms with Gasteiger partial charge in [-0.1, -0.05) is 30.4 Å². The first-order chi connectivity index (χ1) is 14.5. The normalized spacial score (nSPS) is 30.3. The van der Waals surface area contributed by atoms with Gasteiger partial charge in [0.05, 0.1) is 6.04 Å². The number of para-hydroxylation sites is 1. The van der Waals surface area contributed by atoms with Crippen LogP contribution in [0.25, 0.3) is 17.0 Å². The van der Waals surface area contributed by atoms with Gasteiger partial charge in [-0.05, 0) is 74.8 Å². The molecule has 0 saturated heterocycles. The van der Waals surface area contributed by atoms with Crippen molar-refractivity contribution in [2.45, 2.75) is 57.2 Å². The molecule has 3 saturated carbocycles. The molecule has 1 N–H and O–H groups in total. The van der Waals surface area contributed by atoms with Crippen molar-refractivity contribution >= 4 is 17.0 Å². The number of nitrogens with one attached hydrogen (secondary N) is 1. The van der Waals surface area contributed by atoms with Crippen LogP contribution in [0.2, 0.25) is 0 Å². The number of nitrogens with zero attached hydrogens (tertiary/aromatic N) is 1. The van der Waals surface area contributed by atoms with Crippen LogP contribution in [0.1, 0.15) is 61.5 Å². The molecule has 1 aliphatic heterocycles. The molecule has 2 heterocycles. The molecule has 1 aromatic heterocycles. The van der Waals surface area contributed by atoms with E-state index in [0.717, 1.165) is 42.8 Å². The van der Waals surface area contributed by atoms with E-state index in [-0.39, 0.29) is 17.1 Å². The van der Waals surface area contributed by atoms with Gasteiger partial charge in [-0.15, -0.1) is 0 Å². The topological polar surface area (TPSA) is 19.0 Å². The fourth-order valence-corrected chi connectivity index (χ4v) is 6.39. The lowest BCUT2D eigenvalue weighted by atomic mass is 9.48. The highest BCUT2D eigenvalue weighted by atomic mass is 19.1. The zero-order chi connectivity index (χ0) is 20.6. The molecule has 2 unspecified atom stereocenters. The van der Waals surface area contributed by atoms with Crippen molar-refractivity contribution in [1.29, 1.82) is 0 Å². The first-order valence-electron chi connectivity index (χ1n) is 11.0. The Morgan fingerprint density at radius 2 is 1.80 bits per heavy atom. The molecule has 2 aromatic carbocycles. The second-order valence-corrected chi connectivity index (χ2v) is 9.53. The largest absolute Gasteiger partial charge is 0.357 e. The zero-order valence-corrected chi connectivity index (χ0v) is 17.4. The van der Waals surface area contributed by atoms with E-state index < -0.39 is 17.7 Å². The Balaban J connectivity index is 1.59. The first kappa shape index (κ1) is 18.3. The number of halogens is 2. The van der Waals surface area contributed by atoms with Crippen LogP contribution in [0.4, 0.5) is 8.78 Å². The van der Waals surface area contributed by atoms with E-state index in [1.165, 1.54) is 23.1 Å². The monoisotopic (exact) mass is 404 g/mol. The Hall–Kier alpha value is -2.46. The molecule has 154 valence electrons. The minimum atomic E-state index is -0.455. The van der Waals surface area contributed by atoms with Gasteiger partial charge in [-0.25, -0.2) is 8.78 Å². The second-order valence-electron chi connectivity index (χ2n) is 9.53. The molecule has 0 radical (unpaired) electrons. The van der Waals surface area contributed by atoms with Crippen molar-refractivity contribution in [2.24, 2.45) is 5.92 Å². The van der Waals surface area contributed by atoms with Crippen molar-refractivity contribution < 1.29 is 8.78 Å². The van der Waals surface area contributed by atoms with Crippen LogP contribution in [0, 0.1) is 17.6 Å². The summed E-state index contributed by atoms with van der Waals surface area (Å²) in [4.78, 5) is 6.00. The Labute approximate surface area is 175 Å². The third-order valence-corrected chi connectivity index (χ3v) is 7.66. The maximum Gasteiger partial charge on any atom is 0.131 e. The fourth-order valence-electron chi connectivity index (χ4n) is 6.39. The minimum Gasteiger partial charge on any atom is -0.357 e. The van der Waals surface area contributed by atoms with E-state index in [1.807, 2.05) is 19.1 Å². The van der Waals surface area contributed by atoms with Crippen molar-refractivity contribution in [3.8, 4) is 0 Å². The van der Waals surface area contributed by atoms with Gasteiger partial charge in [0, 0.05) is 33.7 Å². The average molecular weight is 405 g/mol. The first-order valence-corrected chi connectivity index (χ1v) is 11.0. The zero-order valence-electron chi connectivity index (χ0n) is 17.4. The number of rotatable bonds is 3. The van der Waals surface area contributed by atoms with Crippen molar-refractivity contribution in [3.63, 3.8) is 0 Å². The third-order valence-electron chi connectivity index (χ3n) is 7.66. The molecule has 2 nitrogen and oxygen atoms in total. The molecule has 2 atom stereocenters. The molecule has 3 aromatic rings. The lowest BCUT2D eigenvalue weighted by molar-refractivity contribution is -0.174. The van der Waals surface area contributed by atoms with E-state index in [9.17, 15) is 0 Å². The molecule has 0 spiro atoms. The van der Waals surface area contributed by atoms with Crippen LogP contribution in [0.15, 0.2) is 42.5 Å². The number of hydrogen-bond donors (Lipinski definition) is 1. The van der Waals surface area contributed by atoms with Crippen LogP contribution in [-0.4, -0.2) is 21.5 Å². The van der Waals surface area contributed by atoms with Crippen LogP contribution >= 0.6 is 0 Å². The summed E-state index contributed by atoms with van der Waals surface area (Å²) in [7, 11) is 0. The molecular formula is C26H26F2N2. The van der Waals surface area contributed by atoms with Crippen LogP contribution in [0.3, 0.4) is 0 Å². The van der Waals surface area contributed by atoms with Gasteiger partial charge < -0.3 is 4.98 Å². The summed E-state index contributed by atoms with van der Waals surface area (Å²) in [5.41, 5.74) is 4.08. The Kier molecular flexibility index (Phi) is 3.83. The molecule has 0 amide bonds. The lowest BCUT2D eigenvalue weighted by Gasteiger charge is -2.70. The quantitative estimate of drug-likeness (QED) is 0.538. The molecule has 4 heteroatoms. The summed E-state index contributed by atoms with van der Waals surface area (Å²) in [6.45, 7) is 4.08.